The molecular weight excluding hydrogens is 947 g/mol. The van der Waals surface area contributed by atoms with Crippen molar-refractivity contribution < 1.29 is 0 Å². The molecule has 0 radical (unpaired) electrons. The van der Waals surface area contributed by atoms with E-state index in [1.807, 2.05) is 22.7 Å². The van der Waals surface area contributed by atoms with Gasteiger partial charge in [0.05, 0.1) is 44.1 Å². The summed E-state index contributed by atoms with van der Waals surface area (Å²) in [5.74, 6) is 0. The van der Waals surface area contributed by atoms with Crippen LogP contribution in [-0.4, -0.2) is 13.4 Å². The smallest absolute Gasteiger partial charge is 0.0620 e. The number of para-hydroxylation sites is 4. The minimum absolute atomic E-state index is 0.00820. The summed E-state index contributed by atoms with van der Waals surface area (Å²) >= 11 is 3.90. The molecule has 18 rings (SSSR count). The second kappa shape index (κ2) is 14.1. The van der Waals surface area contributed by atoms with Gasteiger partial charge in [0.15, 0.2) is 0 Å². The number of fused-ring (bicyclic) bond motifs is 23. The first-order valence-corrected chi connectivity index (χ1v) is 27.7. The van der Waals surface area contributed by atoms with Crippen LogP contribution >= 0.6 is 22.7 Å². The quantitative estimate of drug-likeness (QED) is 0.167. The molecule has 75 heavy (non-hydrogen) atoms. The lowest BCUT2D eigenvalue weighted by molar-refractivity contribution is 0.590. The van der Waals surface area contributed by atoms with Gasteiger partial charge in [0.25, 0.3) is 0 Å². The number of hydrogen-bond acceptors (Lipinski definition) is 2. The van der Waals surface area contributed by atoms with Gasteiger partial charge in [0.2, 0.25) is 0 Å². The lowest BCUT2D eigenvalue weighted by Crippen LogP contribution is -2.10. The first kappa shape index (κ1) is 40.7. The Morgan fingerprint density at radius 2 is 0.720 bits per heavy atom. The second-order valence-corrected chi connectivity index (χ2v) is 24.1. The fraction of sp³-hybridized carbons (Fsp3) is 0.0571. The predicted molar refractivity (Wildman–Crippen MR) is 325 cm³/mol. The van der Waals surface area contributed by atoms with Gasteiger partial charge in [0, 0.05) is 105 Å². The van der Waals surface area contributed by atoms with Gasteiger partial charge in [-0.3, -0.25) is 0 Å². The minimum atomic E-state index is 0.00820. The zero-order chi connectivity index (χ0) is 49.2. The van der Waals surface area contributed by atoms with E-state index >= 15 is 0 Å². The Morgan fingerprint density at radius 1 is 0.320 bits per heavy atom. The van der Waals surface area contributed by atoms with Crippen molar-refractivity contribution in [2.24, 2.45) is 0 Å². The molecule has 0 saturated heterocycles. The highest BCUT2D eigenvalue weighted by molar-refractivity contribution is 7.27. The molecule has 0 atom stereocenters. The van der Waals surface area contributed by atoms with Crippen LogP contribution < -0.4 is 0 Å². The summed E-state index contributed by atoms with van der Waals surface area (Å²) in [5, 5.41) is 18.2. The lowest BCUT2D eigenvalue weighted by Gasteiger charge is -2.20. The number of aromatic nitrogens is 3. The van der Waals surface area contributed by atoms with Crippen LogP contribution in [0.2, 0.25) is 0 Å². The summed E-state index contributed by atoms with van der Waals surface area (Å²) in [6.45, 7) is 6.94. The minimum Gasteiger partial charge on any atom is -0.309 e. The van der Waals surface area contributed by atoms with E-state index < -0.39 is 0 Å². The molecule has 350 valence electrons. The van der Waals surface area contributed by atoms with E-state index in [2.05, 4.69) is 240 Å². The average Bonchev–Trinajstić information content (AvgIpc) is 4.33. The highest BCUT2D eigenvalue weighted by atomic mass is 32.1. The van der Waals surface area contributed by atoms with Crippen molar-refractivity contribution in [3.63, 3.8) is 0 Å². The highest BCUT2D eigenvalue weighted by Gasteiger charge is 2.28. The van der Waals surface area contributed by atoms with Crippen molar-refractivity contribution in [3.05, 3.63) is 212 Å². The molecule has 5 heteroatoms. The van der Waals surface area contributed by atoms with E-state index in [4.69, 9.17) is 0 Å². The molecule has 0 spiro atoms. The van der Waals surface area contributed by atoms with Crippen molar-refractivity contribution in [2.45, 2.75) is 26.2 Å². The summed E-state index contributed by atoms with van der Waals surface area (Å²) in [6, 6.07) is 78.7. The van der Waals surface area contributed by atoms with Gasteiger partial charge in [-0.1, -0.05) is 142 Å². The van der Waals surface area contributed by atoms with Crippen LogP contribution in [0.5, 0.6) is 0 Å². The molecule has 0 aliphatic heterocycles. The largest absolute Gasteiger partial charge is 0.309 e. The molecule has 18 aromatic rings. The third-order valence-electron chi connectivity index (χ3n) is 17.0. The normalized spacial score (nSPS) is 13.0. The Balaban J connectivity index is 1.04. The van der Waals surface area contributed by atoms with Crippen LogP contribution in [0.4, 0.5) is 0 Å². The highest BCUT2D eigenvalue weighted by Crippen LogP contribution is 2.54. The fourth-order valence-electron chi connectivity index (χ4n) is 13.8. The van der Waals surface area contributed by atoms with Crippen LogP contribution in [0.15, 0.2) is 206 Å². The number of benzene rings is 11. The first-order valence-electron chi connectivity index (χ1n) is 26.1. The molecule has 0 unspecified atom stereocenters. The van der Waals surface area contributed by atoms with Gasteiger partial charge in [-0.25, -0.2) is 0 Å². The molecular formula is C70H43N3S2. The molecule has 0 aliphatic rings. The van der Waals surface area contributed by atoms with E-state index in [1.165, 1.54) is 166 Å². The Labute approximate surface area is 437 Å². The number of hydrogen-bond donors (Lipinski definition) is 0. The van der Waals surface area contributed by atoms with Crippen LogP contribution in [-0.2, 0) is 5.41 Å². The van der Waals surface area contributed by atoms with Crippen LogP contribution in [0.3, 0.4) is 0 Å². The van der Waals surface area contributed by atoms with Crippen LogP contribution in [0, 0.1) is 0 Å². The molecule has 0 fully saturated rings. The monoisotopic (exact) mass is 989 g/mol. The van der Waals surface area contributed by atoms with Gasteiger partial charge in [-0.2, -0.15) is 0 Å². The standard InChI is InChI=1S/C70H43N3S2/c1-70(2,3)40-28-30-41(31-29-40)71-58-37-49(39-34-52-44-18-6-12-24-56(44)73-57-25-13-7-19-45(57)53(35-39)67(52)73)68-63(47-21-9-15-27-61(47)74-68)64(58)65-59(71)36-48(62-46-20-8-14-26-60(46)75-69(62)65)38-32-50-42-16-4-10-22-54(42)72-55-23-11-5-17-43(55)51(33-38)66(50)72/h4-37H,1-3H3. The Bertz CT molecular complexity index is 5350. The van der Waals surface area contributed by atoms with Crippen LogP contribution in [0.25, 0.3) is 166 Å². The molecule has 3 nitrogen and oxygen atoms in total. The van der Waals surface area contributed by atoms with Crippen molar-refractivity contribution in [3.8, 4) is 27.9 Å². The number of nitrogens with zero attached hydrogens (tertiary/aromatic N) is 3. The molecule has 7 aromatic heterocycles. The zero-order valence-corrected chi connectivity index (χ0v) is 42.9. The number of rotatable bonds is 3. The van der Waals surface area contributed by atoms with Gasteiger partial charge < -0.3 is 13.4 Å². The summed E-state index contributed by atoms with van der Waals surface area (Å²) in [7, 11) is 0. The molecule has 0 N–H and O–H groups in total. The topological polar surface area (TPSA) is 13.8 Å². The van der Waals surface area contributed by atoms with Crippen molar-refractivity contribution in [1.29, 1.82) is 0 Å². The summed E-state index contributed by atoms with van der Waals surface area (Å²) in [6.07, 6.45) is 0. The van der Waals surface area contributed by atoms with Gasteiger partial charge in [0.1, 0.15) is 0 Å². The Hall–Kier alpha value is -8.74. The second-order valence-electron chi connectivity index (χ2n) is 22.0. The summed E-state index contributed by atoms with van der Waals surface area (Å²) in [4.78, 5) is 0. The maximum atomic E-state index is 2.62. The third kappa shape index (κ3) is 5.15. The molecule has 7 heterocycles. The predicted octanol–water partition coefficient (Wildman–Crippen LogP) is 20.5. The van der Waals surface area contributed by atoms with Crippen molar-refractivity contribution in [1.82, 2.24) is 13.4 Å². The molecule has 0 bridgehead atoms. The van der Waals surface area contributed by atoms with Gasteiger partial charge in [-0.05, 0) is 113 Å². The van der Waals surface area contributed by atoms with Crippen molar-refractivity contribution >= 4 is 161 Å². The maximum absolute atomic E-state index is 2.62. The summed E-state index contributed by atoms with van der Waals surface area (Å²) in [5.41, 5.74) is 17.6. The van der Waals surface area contributed by atoms with E-state index in [9.17, 15) is 0 Å². The van der Waals surface area contributed by atoms with E-state index in [0.717, 1.165) is 5.69 Å². The van der Waals surface area contributed by atoms with E-state index in [1.54, 1.807) is 0 Å². The van der Waals surface area contributed by atoms with Crippen LogP contribution in [0.1, 0.15) is 26.3 Å². The molecule has 0 amide bonds. The van der Waals surface area contributed by atoms with Gasteiger partial charge >= 0.3 is 0 Å². The van der Waals surface area contributed by atoms with E-state index in [0.29, 0.717) is 0 Å². The summed E-state index contributed by atoms with van der Waals surface area (Å²) < 4.78 is 12.9. The third-order valence-corrected chi connectivity index (χ3v) is 19.4. The maximum Gasteiger partial charge on any atom is 0.0620 e. The average molecular weight is 990 g/mol. The van der Waals surface area contributed by atoms with E-state index in [-0.39, 0.29) is 5.41 Å². The Morgan fingerprint density at radius 3 is 1.21 bits per heavy atom. The Kier molecular flexibility index (Phi) is 7.65. The molecule has 0 saturated carbocycles. The van der Waals surface area contributed by atoms with Crippen molar-refractivity contribution in [2.75, 3.05) is 0 Å². The van der Waals surface area contributed by atoms with Gasteiger partial charge in [-0.15, -0.1) is 22.7 Å². The molecule has 11 aromatic carbocycles. The fourth-order valence-corrected chi connectivity index (χ4v) is 16.3. The SMILES string of the molecule is CC(C)(C)c1ccc(-n2c3cc(-c4cc5c6ccccc6n6c7ccccc7c(c4)c56)c4c5ccccc5sc4c3c3c4c(sc5ccccc54)c(-c4cc5c6ccccc6n6c7ccccc7c(c4)c56)cc32)cc1. The zero-order valence-electron chi connectivity index (χ0n) is 41.3. The number of thiophene rings is 2. The first-order chi connectivity index (χ1) is 36.9. The molecule has 0 aliphatic carbocycles. The lowest BCUT2D eigenvalue weighted by atomic mass is 9.87.